The van der Waals surface area contributed by atoms with Crippen LogP contribution >= 0.6 is 0 Å². The number of nitrogens with one attached hydrogen (secondary N) is 1. The fourth-order valence-corrected chi connectivity index (χ4v) is 1.56. The van der Waals surface area contributed by atoms with Crippen molar-refractivity contribution >= 4 is 17.9 Å². The molecule has 2 rings (SSSR count). The molecule has 0 aliphatic heterocycles. The molecule has 0 unspecified atom stereocenters. The largest absolute Gasteiger partial charge is 0.478 e. The van der Waals surface area contributed by atoms with Crippen LogP contribution in [0.2, 0.25) is 0 Å². The van der Waals surface area contributed by atoms with E-state index in [1.54, 1.807) is 18.3 Å². The molecule has 96 valence electrons. The van der Waals surface area contributed by atoms with E-state index < -0.39 is 5.97 Å². The first-order valence-corrected chi connectivity index (χ1v) is 5.84. The lowest BCUT2D eigenvalue weighted by Crippen LogP contribution is -1.97. The fraction of sp³-hybridized carbons (Fsp3) is 0.0667. The highest BCUT2D eigenvalue weighted by molar-refractivity contribution is 5.88. The van der Waals surface area contributed by atoms with Gasteiger partial charge in [-0.1, -0.05) is 35.9 Å². The highest BCUT2D eigenvalue weighted by Gasteiger charge is 2.01. The van der Waals surface area contributed by atoms with Gasteiger partial charge in [-0.3, -0.25) is 5.43 Å². The highest BCUT2D eigenvalue weighted by atomic mass is 16.4. The Morgan fingerprint density at radius 2 is 1.95 bits per heavy atom. The Kier molecular flexibility index (Phi) is 3.93. The maximum absolute atomic E-state index is 10.8. The topological polar surface area (TPSA) is 61.7 Å². The summed E-state index contributed by atoms with van der Waals surface area (Å²) in [5.41, 5.74) is 5.86. The number of aryl methyl sites for hydroxylation is 1. The van der Waals surface area contributed by atoms with Gasteiger partial charge in [-0.15, -0.1) is 0 Å². The first-order valence-electron chi connectivity index (χ1n) is 5.84. The van der Waals surface area contributed by atoms with Gasteiger partial charge in [-0.25, -0.2) is 4.79 Å². The zero-order valence-electron chi connectivity index (χ0n) is 10.5. The van der Waals surface area contributed by atoms with E-state index in [9.17, 15) is 4.79 Å². The molecule has 0 saturated carbocycles. The maximum atomic E-state index is 10.8. The molecule has 0 aromatic heterocycles. The summed E-state index contributed by atoms with van der Waals surface area (Å²) < 4.78 is 0. The number of nitrogens with zero attached hydrogens (tertiary/aromatic N) is 1. The van der Waals surface area contributed by atoms with Gasteiger partial charge >= 0.3 is 5.97 Å². The van der Waals surface area contributed by atoms with Gasteiger partial charge < -0.3 is 5.11 Å². The molecule has 2 aromatic carbocycles. The number of hydrogen-bond acceptors (Lipinski definition) is 3. The summed E-state index contributed by atoms with van der Waals surface area (Å²) in [7, 11) is 0. The minimum Gasteiger partial charge on any atom is -0.478 e. The van der Waals surface area contributed by atoms with Crippen molar-refractivity contribution in [2.75, 3.05) is 5.43 Å². The van der Waals surface area contributed by atoms with Crippen LogP contribution in [0.3, 0.4) is 0 Å². The Balaban J connectivity index is 2.04. The summed E-state index contributed by atoms with van der Waals surface area (Å²) in [4.78, 5) is 10.8. The molecule has 19 heavy (non-hydrogen) atoms. The van der Waals surface area contributed by atoms with E-state index in [4.69, 9.17) is 5.11 Å². The first kappa shape index (κ1) is 12.8. The molecule has 4 heteroatoms. The lowest BCUT2D eigenvalue weighted by molar-refractivity contribution is 0.0697. The van der Waals surface area contributed by atoms with E-state index >= 15 is 0 Å². The summed E-state index contributed by atoms with van der Waals surface area (Å²) in [5, 5.41) is 12.9. The third kappa shape index (κ3) is 3.67. The molecule has 0 aliphatic rings. The molecule has 0 fully saturated rings. The predicted octanol–water partition coefficient (Wildman–Crippen LogP) is 3.14. The third-order valence-electron chi connectivity index (χ3n) is 2.59. The molecule has 0 atom stereocenters. The maximum Gasteiger partial charge on any atom is 0.335 e. The van der Waals surface area contributed by atoms with Crippen LogP contribution in [0.25, 0.3) is 0 Å². The SMILES string of the molecule is Cc1ccc(/C=N/Nc2cccc(C(=O)O)c2)cc1. The van der Waals surface area contributed by atoms with Crippen LogP contribution in [-0.2, 0) is 0 Å². The van der Waals surface area contributed by atoms with Crippen molar-refractivity contribution in [3.63, 3.8) is 0 Å². The van der Waals surface area contributed by atoms with Crippen LogP contribution in [0.1, 0.15) is 21.5 Å². The van der Waals surface area contributed by atoms with Crippen molar-refractivity contribution < 1.29 is 9.90 Å². The second-order valence-electron chi connectivity index (χ2n) is 4.17. The zero-order valence-corrected chi connectivity index (χ0v) is 10.5. The van der Waals surface area contributed by atoms with E-state index in [1.165, 1.54) is 17.7 Å². The Morgan fingerprint density at radius 1 is 1.21 bits per heavy atom. The molecule has 2 N–H and O–H groups in total. The molecule has 0 spiro atoms. The number of anilines is 1. The van der Waals surface area contributed by atoms with Crippen LogP contribution in [0.15, 0.2) is 53.6 Å². The molecule has 0 saturated heterocycles. The smallest absolute Gasteiger partial charge is 0.335 e. The third-order valence-corrected chi connectivity index (χ3v) is 2.59. The van der Waals surface area contributed by atoms with Gasteiger partial charge in [0, 0.05) is 0 Å². The Labute approximate surface area is 111 Å². The Bertz CT molecular complexity index is 604. The molecule has 0 bridgehead atoms. The molecule has 0 heterocycles. The van der Waals surface area contributed by atoms with E-state index in [2.05, 4.69) is 10.5 Å². The molecule has 4 nitrogen and oxygen atoms in total. The average molecular weight is 254 g/mol. The molecular weight excluding hydrogens is 240 g/mol. The van der Waals surface area contributed by atoms with Gasteiger partial charge in [0.1, 0.15) is 0 Å². The van der Waals surface area contributed by atoms with E-state index in [-0.39, 0.29) is 5.56 Å². The van der Waals surface area contributed by atoms with E-state index in [1.807, 2.05) is 31.2 Å². The van der Waals surface area contributed by atoms with Gasteiger partial charge in [0.25, 0.3) is 0 Å². The normalized spacial score (nSPS) is 10.6. The van der Waals surface area contributed by atoms with Crippen molar-refractivity contribution in [3.05, 3.63) is 65.2 Å². The van der Waals surface area contributed by atoms with Crippen molar-refractivity contribution in [1.29, 1.82) is 0 Å². The van der Waals surface area contributed by atoms with Crippen molar-refractivity contribution in [1.82, 2.24) is 0 Å². The summed E-state index contributed by atoms with van der Waals surface area (Å²) in [5.74, 6) is -0.953. The number of rotatable bonds is 4. The molecule has 0 amide bonds. The molecule has 0 aliphatic carbocycles. The number of hydrazone groups is 1. The van der Waals surface area contributed by atoms with Crippen LogP contribution < -0.4 is 5.43 Å². The average Bonchev–Trinajstić information content (AvgIpc) is 2.41. The Hall–Kier alpha value is -2.62. The lowest BCUT2D eigenvalue weighted by Gasteiger charge is -2.01. The standard InChI is InChI=1S/C15H14N2O2/c1-11-5-7-12(8-6-11)10-16-17-14-4-2-3-13(9-14)15(18)19/h2-10,17H,1H3,(H,18,19)/b16-10+. The fourth-order valence-electron chi connectivity index (χ4n) is 1.56. The number of aromatic carboxylic acids is 1. The molecule has 2 aromatic rings. The van der Waals surface area contributed by atoms with Gasteiger partial charge in [-0.05, 0) is 30.7 Å². The summed E-state index contributed by atoms with van der Waals surface area (Å²) >= 11 is 0. The molecule has 0 radical (unpaired) electrons. The second-order valence-corrected chi connectivity index (χ2v) is 4.17. The predicted molar refractivity (Wildman–Crippen MR) is 75.8 cm³/mol. The van der Waals surface area contributed by atoms with Gasteiger partial charge in [0.05, 0.1) is 17.5 Å². The van der Waals surface area contributed by atoms with Crippen LogP contribution in [-0.4, -0.2) is 17.3 Å². The summed E-state index contributed by atoms with van der Waals surface area (Å²) in [6.07, 6.45) is 1.69. The van der Waals surface area contributed by atoms with Gasteiger partial charge in [-0.2, -0.15) is 5.10 Å². The van der Waals surface area contributed by atoms with Crippen molar-refractivity contribution in [3.8, 4) is 0 Å². The minimum atomic E-state index is -0.953. The minimum absolute atomic E-state index is 0.232. The quantitative estimate of drug-likeness (QED) is 0.651. The van der Waals surface area contributed by atoms with Crippen molar-refractivity contribution in [2.24, 2.45) is 5.10 Å². The number of carboxylic acid groups (broad SMARTS) is 1. The number of carboxylic acids is 1. The highest BCUT2D eigenvalue weighted by Crippen LogP contribution is 2.10. The van der Waals surface area contributed by atoms with Crippen LogP contribution in [0, 0.1) is 6.92 Å². The lowest BCUT2D eigenvalue weighted by atomic mass is 10.2. The summed E-state index contributed by atoms with van der Waals surface area (Å²) in [6, 6.07) is 14.5. The van der Waals surface area contributed by atoms with Crippen LogP contribution in [0.5, 0.6) is 0 Å². The van der Waals surface area contributed by atoms with Crippen LogP contribution in [0.4, 0.5) is 5.69 Å². The van der Waals surface area contributed by atoms with Gasteiger partial charge in [0.15, 0.2) is 0 Å². The second kappa shape index (κ2) is 5.82. The zero-order chi connectivity index (χ0) is 13.7. The monoisotopic (exact) mass is 254 g/mol. The number of carbonyl (C=O) groups is 1. The first-order chi connectivity index (χ1) is 9.15. The Morgan fingerprint density at radius 3 is 2.63 bits per heavy atom. The van der Waals surface area contributed by atoms with Gasteiger partial charge in [0.2, 0.25) is 0 Å². The molecular formula is C15H14N2O2. The number of hydrogen-bond donors (Lipinski definition) is 2. The van der Waals surface area contributed by atoms with E-state index in [0.717, 1.165) is 5.56 Å². The van der Waals surface area contributed by atoms with E-state index in [0.29, 0.717) is 5.69 Å². The summed E-state index contributed by atoms with van der Waals surface area (Å²) in [6.45, 7) is 2.02. The number of benzene rings is 2. The van der Waals surface area contributed by atoms with Crippen molar-refractivity contribution in [2.45, 2.75) is 6.92 Å².